The van der Waals surface area contributed by atoms with E-state index in [9.17, 15) is 4.79 Å². The molecule has 0 aliphatic rings. The van der Waals surface area contributed by atoms with Crippen molar-refractivity contribution < 1.29 is 4.79 Å². The lowest BCUT2D eigenvalue weighted by Crippen LogP contribution is -2.24. The third-order valence-electron chi connectivity index (χ3n) is 4.84. The minimum atomic E-state index is -0.0624. The Bertz CT molecular complexity index is 1170. The van der Waals surface area contributed by atoms with Gasteiger partial charge in [-0.3, -0.25) is 9.48 Å². The molecule has 0 bridgehead atoms. The fourth-order valence-corrected chi connectivity index (χ4v) is 4.19. The van der Waals surface area contributed by atoms with E-state index in [-0.39, 0.29) is 11.7 Å². The molecule has 7 heteroatoms. The van der Waals surface area contributed by atoms with Crippen LogP contribution in [0.3, 0.4) is 0 Å². The maximum atomic E-state index is 12.5. The van der Waals surface area contributed by atoms with E-state index in [1.165, 1.54) is 17.3 Å². The Kier molecular flexibility index (Phi) is 6.97. The highest BCUT2D eigenvalue weighted by molar-refractivity contribution is 7.99. The average molecular weight is 444 g/mol. The number of benzene rings is 2. The lowest BCUT2D eigenvalue weighted by molar-refractivity contribution is -0.118. The van der Waals surface area contributed by atoms with Gasteiger partial charge in [-0.15, -0.1) is 0 Å². The molecule has 32 heavy (non-hydrogen) atoms. The number of carbonyl (C=O) groups is 1. The summed E-state index contributed by atoms with van der Waals surface area (Å²) in [6, 6.07) is 22.2. The van der Waals surface area contributed by atoms with Crippen molar-refractivity contribution in [1.82, 2.24) is 25.1 Å². The first-order chi connectivity index (χ1) is 15.6. The Morgan fingerprint density at radius 3 is 2.31 bits per heavy atom. The highest BCUT2D eigenvalue weighted by Gasteiger charge is 2.13. The highest BCUT2D eigenvalue weighted by Crippen LogP contribution is 2.22. The molecule has 162 valence electrons. The van der Waals surface area contributed by atoms with Gasteiger partial charge in [0.25, 0.3) is 0 Å². The normalized spacial score (nSPS) is 10.8. The molecule has 0 atom stereocenters. The van der Waals surface area contributed by atoms with Crippen LogP contribution < -0.4 is 5.32 Å². The van der Waals surface area contributed by atoms with E-state index in [0.29, 0.717) is 18.2 Å². The number of rotatable bonds is 8. The Morgan fingerprint density at radius 1 is 0.969 bits per heavy atom. The van der Waals surface area contributed by atoms with Crippen LogP contribution in [0.1, 0.15) is 22.5 Å². The third kappa shape index (κ3) is 5.82. The summed E-state index contributed by atoms with van der Waals surface area (Å²) in [5.74, 6) is 0.203. The van der Waals surface area contributed by atoms with Crippen LogP contribution in [0.4, 0.5) is 0 Å². The molecule has 0 spiro atoms. The van der Waals surface area contributed by atoms with Crippen LogP contribution in [0.2, 0.25) is 0 Å². The zero-order chi connectivity index (χ0) is 22.3. The molecule has 0 aliphatic heterocycles. The molecule has 1 amide bonds. The van der Waals surface area contributed by atoms with Gasteiger partial charge in [-0.1, -0.05) is 72.4 Å². The van der Waals surface area contributed by atoms with Gasteiger partial charge in [-0.05, 0) is 25.5 Å². The number of carbonyl (C=O) groups excluding carboxylic acids is 1. The molecule has 2 aromatic heterocycles. The maximum Gasteiger partial charge on any atom is 0.230 e. The van der Waals surface area contributed by atoms with Crippen LogP contribution in [0.15, 0.2) is 78.1 Å². The second-order valence-corrected chi connectivity index (χ2v) is 8.49. The molecular formula is C25H25N5OS. The molecule has 2 aromatic carbocycles. The zero-order valence-electron chi connectivity index (χ0n) is 18.2. The minimum absolute atomic E-state index is 0.0624. The maximum absolute atomic E-state index is 12.5. The number of aromatic nitrogens is 4. The van der Waals surface area contributed by atoms with Crippen molar-refractivity contribution in [1.29, 1.82) is 0 Å². The van der Waals surface area contributed by atoms with Gasteiger partial charge in [0.2, 0.25) is 5.91 Å². The molecule has 4 rings (SSSR count). The first-order valence-corrected chi connectivity index (χ1v) is 11.4. The number of nitrogens with zero attached hydrogens (tertiary/aromatic N) is 4. The molecule has 1 N–H and O–H groups in total. The summed E-state index contributed by atoms with van der Waals surface area (Å²) < 4.78 is 1.93. The first kappa shape index (κ1) is 21.8. The van der Waals surface area contributed by atoms with Gasteiger partial charge >= 0.3 is 0 Å². The van der Waals surface area contributed by atoms with Crippen LogP contribution >= 0.6 is 11.8 Å². The van der Waals surface area contributed by atoms with E-state index in [1.807, 2.05) is 79.3 Å². The monoisotopic (exact) mass is 443 g/mol. The number of aryl methyl sites for hydroxylation is 2. The van der Waals surface area contributed by atoms with Gasteiger partial charge in [0.15, 0.2) is 5.16 Å². The molecule has 0 aliphatic carbocycles. The first-order valence-electron chi connectivity index (χ1n) is 10.4. The van der Waals surface area contributed by atoms with Gasteiger partial charge in [-0.25, -0.2) is 9.97 Å². The standard InChI is InChI=1S/C25H25N5OS/c1-18-13-19(2)28-25(27-18)32-17-23(31)26-14-22-16-30(15-20-9-5-3-6-10-20)29-24(22)21-11-7-4-8-12-21/h3-13,16H,14-15,17H2,1-2H3,(H,26,31). The predicted molar refractivity (Wildman–Crippen MR) is 127 cm³/mol. The van der Waals surface area contributed by atoms with Gasteiger partial charge in [0.1, 0.15) is 0 Å². The summed E-state index contributed by atoms with van der Waals surface area (Å²) in [5, 5.41) is 8.45. The fraction of sp³-hybridized carbons (Fsp3) is 0.200. The Balaban J connectivity index is 1.45. The van der Waals surface area contributed by atoms with Crippen LogP contribution in [0.5, 0.6) is 0 Å². The lowest BCUT2D eigenvalue weighted by Gasteiger charge is -2.06. The third-order valence-corrected chi connectivity index (χ3v) is 5.69. The van der Waals surface area contributed by atoms with Crippen molar-refractivity contribution in [2.75, 3.05) is 5.75 Å². The summed E-state index contributed by atoms with van der Waals surface area (Å²) in [4.78, 5) is 21.3. The molecule has 0 radical (unpaired) electrons. The molecule has 0 unspecified atom stereocenters. The van der Waals surface area contributed by atoms with Crippen molar-refractivity contribution in [3.63, 3.8) is 0 Å². The van der Waals surface area contributed by atoms with Crippen LogP contribution in [0.25, 0.3) is 11.3 Å². The van der Waals surface area contributed by atoms with Gasteiger partial charge in [0.05, 0.1) is 18.0 Å². The summed E-state index contributed by atoms with van der Waals surface area (Å²) >= 11 is 1.34. The lowest BCUT2D eigenvalue weighted by atomic mass is 10.1. The van der Waals surface area contributed by atoms with Crippen molar-refractivity contribution in [3.05, 3.63) is 95.4 Å². The second kappa shape index (κ2) is 10.2. The van der Waals surface area contributed by atoms with Gasteiger partial charge < -0.3 is 5.32 Å². The average Bonchev–Trinajstić information content (AvgIpc) is 3.19. The molecule has 0 fully saturated rings. The van der Waals surface area contributed by atoms with Crippen LogP contribution in [0, 0.1) is 13.8 Å². The van der Waals surface area contributed by atoms with Crippen LogP contribution in [-0.2, 0) is 17.9 Å². The van der Waals surface area contributed by atoms with E-state index in [4.69, 9.17) is 5.10 Å². The molecule has 6 nitrogen and oxygen atoms in total. The summed E-state index contributed by atoms with van der Waals surface area (Å²) in [6.45, 7) is 4.94. The van der Waals surface area contributed by atoms with E-state index in [2.05, 4.69) is 27.4 Å². The van der Waals surface area contributed by atoms with Gasteiger partial charge in [0, 0.05) is 35.3 Å². The summed E-state index contributed by atoms with van der Waals surface area (Å²) in [6.07, 6.45) is 2.01. The number of hydrogen-bond donors (Lipinski definition) is 1. The minimum Gasteiger partial charge on any atom is -0.351 e. The SMILES string of the molecule is Cc1cc(C)nc(SCC(=O)NCc2cn(Cc3ccccc3)nc2-c2ccccc2)n1. The topological polar surface area (TPSA) is 72.7 Å². The number of hydrogen-bond acceptors (Lipinski definition) is 5. The molecule has 0 saturated carbocycles. The zero-order valence-corrected chi connectivity index (χ0v) is 19.0. The van der Waals surface area contributed by atoms with E-state index in [1.54, 1.807) is 0 Å². The second-order valence-electron chi connectivity index (χ2n) is 7.55. The Hall–Kier alpha value is -3.45. The highest BCUT2D eigenvalue weighted by atomic mass is 32.2. The van der Waals surface area contributed by atoms with E-state index >= 15 is 0 Å². The Morgan fingerprint density at radius 2 is 1.62 bits per heavy atom. The smallest absolute Gasteiger partial charge is 0.230 e. The van der Waals surface area contributed by atoms with Crippen LogP contribution in [-0.4, -0.2) is 31.4 Å². The molecule has 4 aromatic rings. The Labute approximate surface area is 192 Å². The largest absolute Gasteiger partial charge is 0.351 e. The quantitative estimate of drug-likeness (QED) is 0.323. The molecule has 2 heterocycles. The van der Waals surface area contributed by atoms with E-state index < -0.39 is 0 Å². The predicted octanol–water partition coefficient (Wildman–Crippen LogP) is 4.41. The number of amides is 1. The van der Waals surface area contributed by atoms with Crippen molar-refractivity contribution >= 4 is 17.7 Å². The summed E-state index contributed by atoms with van der Waals surface area (Å²) in [7, 11) is 0. The van der Waals surface area contributed by atoms with Gasteiger partial charge in [-0.2, -0.15) is 5.10 Å². The number of thioether (sulfide) groups is 1. The van der Waals surface area contributed by atoms with Crippen molar-refractivity contribution in [3.8, 4) is 11.3 Å². The molecule has 0 saturated heterocycles. The summed E-state index contributed by atoms with van der Waals surface area (Å²) in [5.41, 5.74) is 5.87. The van der Waals surface area contributed by atoms with E-state index in [0.717, 1.165) is 28.2 Å². The van der Waals surface area contributed by atoms with Crippen molar-refractivity contribution in [2.24, 2.45) is 0 Å². The molecular weight excluding hydrogens is 418 g/mol. The van der Waals surface area contributed by atoms with Crippen molar-refractivity contribution in [2.45, 2.75) is 32.1 Å². The fourth-order valence-electron chi connectivity index (χ4n) is 3.42. The number of nitrogens with one attached hydrogen (secondary N) is 1.